The lowest BCUT2D eigenvalue weighted by molar-refractivity contribution is 0.244. The van der Waals surface area contributed by atoms with Gasteiger partial charge in [0, 0.05) is 38.4 Å². The van der Waals surface area contributed by atoms with E-state index in [0.717, 1.165) is 62.7 Å². The van der Waals surface area contributed by atoms with Gasteiger partial charge in [0.1, 0.15) is 12.4 Å². The predicted octanol–water partition coefficient (Wildman–Crippen LogP) is 4.09. The van der Waals surface area contributed by atoms with Crippen molar-refractivity contribution < 1.29 is 14.6 Å². The molecule has 0 unspecified atom stereocenters. The van der Waals surface area contributed by atoms with E-state index in [0.29, 0.717) is 6.61 Å². The molecule has 0 aromatic heterocycles. The minimum absolute atomic E-state index is 0.0779. The fourth-order valence-corrected chi connectivity index (χ4v) is 4.39. The number of benzene rings is 3. The molecule has 0 radical (unpaired) electrons. The molecule has 1 aliphatic rings. The Balaban J connectivity index is 1.25. The van der Waals surface area contributed by atoms with Gasteiger partial charge in [-0.15, -0.1) is 0 Å². The molecule has 7 heteroatoms. The van der Waals surface area contributed by atoms with E-state index >= 15 is 0 Å². The molecule has 3 aromatic rings. The smallest absolute Gasteiger partial charge is 0.319 e. The highest BCUT2D eigenvalue weighted by Gasteiger charge is 2.17. The van der Waals surface area contributed by atoms with Crippen molar-refractivity contribution in [1.29, 1.82) is 0 Å². The van der Waals surface area contributed by atoms with Crippen molar-refractivity contribution in [3.05, 3.63) is 95.6 Å². The van der Waals surface area contributed by atoms with Crippen molar-refractivity contribution in [3.63, 3.8) is 0 Å². The maximum absolute atomic E-state index is 12.0. The van der Waals surface area contributed by atoms with E-state index in [1.165, 1.54) is 11.1 Å². The van der Waals surface area contributed by atoms with Gasteiger partial charge in [0.05, 0.1) is 6.61 Å². The van der Waals surface area contributed by atoms with Gasteiger partial charge in [-0.25, -0.2) is 4.79 Å². The first-order valence-corrected chi connectivity index (χ1v) is 12.6. The van der Waals surface area contributed by atoms with Crippen molar-refractivity contribution in [2.45, 2.75) is 26.1 Å². The highest BCUT2D eigenvalue weighted by atomic mass is 16.5. The van der Waals surface area contributed by atoms with Gasteiger partial charge in [-0.3, -0.25) is 9.80 Å². The molecule has 4 rings (SSSR count). The fourth-order valence-electron chi connectivity index (χ4n) is 4.39. The summed E-state index contributed by atoms with van der Waals surface area (Å²) in [6.45, 7) is 6.51. The number of para-hydroxylation sites is 1. The van der Waals surface area contributed by atoms with Crippen LogP contribution in [0.25, 0.3) is 0 Å². The quantitative estimate of drug-likeness (QED) is 0.401. The zero-order chi connectivity index (χ0) is 25.0. The Kier molecular flexibility index (Phi) is 9.73. The Morgan fingerprint density at radius 2 is 1.50 bits per heavy atom. The highest BCUT2D eigenvalue weighted by molar-refractivity contribution is 5.90. The maximum atomic E-state index is 12.0. The number of ether oxygens (including phenoxy) is 1. The first-order chi connectivity index (χ1) is 17.7. The van der Waals surface area contributed by atoms with Crippen LogP contribution in [0, 0.1) is 0 Å². The molecule has 1 aliphatic heterocycles. The van der Waals surface area contributed by atoms with E-state index in [1.807, 2.05) is 36.4 Å². The van der Waals surface area contributed by atoms with E-state index in [-0.39, 0.29) is 19.2 Å². The molecule has 3 N–H and O–H groups in total. The number of hydrogen-bond acceptors (Lipinski definition) is 5. The molecule has 36 heavy (non-hydrogen) atoms. The minimum Gasteiger partial charge on any atom is -0.489 e. The molecular formula is C29H36N4O3. The van der Waals surface area contributed by atoms with E-state index in [2.05, 4.69) is 62.9 Å². The van der Waals surface area contributed by atoms with Crippen LogP contribution in [0.3, 0.4) is 0 Å². The van der Waals surface area contributed by atoms with Gasteiger partial charge in [-0.1, -0.05) is 60.7 Å². The lowest BCUT2D eigenvalue weighted by atomic mass is 10.1. The van der Waals surface area contributed by atoms with Gasteiger partial charge in [0.25, 0.3) is 0 Å². The molecule has 0 atom stereocenters. The Morgan fingerprint density at radius 1 is 0.806 bits per heavy atom. The number of carbonyl (C=O) groups is 1. The largest absolute Gasteiger partial charge is 0.489 e. The summed E-state index contributed by atoms with van der Waals surface area (Å²) in [5.74, 6) is 0.891. The predicted molar refractivity (Wildman–Crippen MR) is 143 cm³/mol. The van der Waals surface area contributed by atoms with Crippen LogP contribution in [0.2, 0.25) is 0 Å². The summed E-state index contributed by atoms with van der Waals surface area (Å²) in [5.41, 5.74) is 4.36. The van der Waals surface area contributed by atoms with Crippen LogP contribution in [0.5, 0.6) is 5.75 Å². The number of nitrogens with one attached hydrogen (secondary N) is 2. The number of carbonyl (C=O) groups excluding carboxylic acids is 1. The molecule has 190 valence electrons. The lowest BCUT2D eigenvalue weighted by Gasteiger charge is -2.23. The van der Waals surface area contributed by atoms with Gasteiger partial charge in [0.2, 0.25) is 0 Å². The molecule has 1 saturated heterocycles. The second-order valence-corrected chi connectivity index (χ2v) is 9.09. The van der Waals surface area contributed by atoms with Crippen LogP contribution in [0.4, 0.5) is 10.5 Å². The number of urea groups is 1. The summed E-state index contributed by atoms with van der Waals surface area (Å²) >= 11 is 0. The topological polar surface area (TPSA) is 77.1 Å². The SMILES string of the molecule is O=C(NCCO)Nc1ccccc1CN1CCCN(Cc2ccc(OCc3ccccc3)cc2)CC1. The third kappa shape index (κ3) is 8.09. The van der Waals surface area contributed by atoms with Crippen LogP contribution >= 0.6 is 0 Å². The van der Waals surface area contributed by atoms with Crippen molar-refractivity contribution in [2.24, 2.45) is 0 Å². The second kappa shape index (κ2) is 13.6. The number of aliphatic hydroxyl groups is 1. The number of hydrogen-bond donors (Lipinski definition) is 3. The number of anilines is 1. The first-order valence-electron chi connectivity index (χ1n) is 12.6. The third-order valence-electron chi connectivity index (χ3n) is 6.32. The zero-order valence-corrected chi connectivity index (χ0v) is 20.7. The van der Waals surface area contributed by atoms with Crippen molar-refractivity contribution >= 4 is 11.7 Å². The van der Waals surface area contributed by atoms with Gasteiger partial charge in [-0.2, -0.15) is 0 Å². The number of amides is 2. The average molecular weight is 489 g/mol. The Hall–Kier alpha value is -3.39. The number of aliphatic hydroxyl groups excluding tert-OH is 1. The molecule has 0 aliphatic carbocycles. The van der Waals surface area contributed by atoms with Crippen LogP contribution in [0.15, 0.2) is 78.9 Å². The Bertz CT molecular complexity index is 1080. The fraction of sp³-hybridized carbons (Fsp3) is 0.345. The molecule has 2 amide bonds. The normalized spacial score (nSPS) is 14.7. The standard InChI is InChI=1S/C29H36N4O3/c34-20-15-30-29(35)31-28-10-5-4-9-26(28)22-33-17-6-16-32(18-19-33)21-24-11-13-27(14-12-24)36-23-25-7-2-1-3-8-25/h1-5,7-14,34H,6,15-23H2,(H2,30,31,35). The molecular weight excluding hydrogens is 452 g/mol. The van der Waals surface area contributed by atoms with Crippen molar-refractivity contribution in [3.8, 4) is 5.75 Å². The third-order valence-corrected chi connectivity index (χ3v) is 6.32. The van der Waals surface area contributed by atoms with E-state index in [9.17, 15) is 4.79 Å². The van der Waals surface area contributed by atoms with Crippen LogP contribution in [-0.4, -0.2) is 60.3 Å². The van der Waals surface area contributed by atoms with Gasteiger partial charge in [-0.05, 0) is 54.4 Å². The van der Waals surface area contributed by atoms with Gasteiger partial charge < -0.3 is 20.5 Å². The molecule has 0 bridgehead atoms. The van der Waals surface area contributed by atoms with Crippen LogP contribution < -0.4 is 15.4 Å². The van der Waals surface area contributed by atoms with Crippen molar-refractivity contribution in [1.82, 2.24) is 15.1 Å². The van der Waals surface area contributed by atoms with Gasteiger partial charge in [0.15, 0.2) is 0 Å². The summed E-state index contributed by atoms with van der Waals surface area (Å²) < 4.78 is 5.92. The molecule has 1 heterocycles. The second-order valence-electron chi connectivity index (χ2n) is 9.09. The van der Waals surface area contributed by atoms with E-state index < -0.39 is 0 Å². The average Bonchev–Trinajstić information content (AvgIpc) is 3.13. The molecule has 3 aromatic carbocycles. The van der Waals surface area contributed by atoms with E-state index in [4.69, 9.17) is 9.84 Å². The summed E-state index contributed by atoms with van der Waals surface area (Å²) in [6.07, 6.45) is 1.10. The summed E-state index contributed by atoms with van der Waals surface area (Å²) in [6, 6.07) is 26.3. The molecule has 0 spiro atoms. The van der Waals surface area contributed by atoms with Crippen molar-refractivity contribution in [2.75, 3.05) is 44.6 Å². The van der Waals surface area contributed by atoms with Crippen LogP contribution in [-0.2, 0) is 19.7 Å². The minimum atomic E-state index is -0.296. The molecule has 0 saturated carbocycles. The lowest BCUT2D eigenvalue weighted by Crippen LogP contribution is -2.32. The maximum Gasteiger partial charge on any atom is 0.319 e. The van der Waals surface area contributed by atoms with Gasteiger partial charge >= 0.3 is 6.03 Å². The van der Waals surface area contributed by atoms with Crippen LogP contribution in [0.1, 0.15) is 23.1 Å². The molecule has 1 fully saturated rings. The summed E-state index contributed by atoms with van der Waals surface area (Å²) in [5, 5.41) is 14.5. The molecule has 7 nitrogen and oxygen atoms in total. The summed E-state index contributed by atoms with van der Waals surface area (Å²) in [4.78, 5) is 17.0. The first kappa shape index (κ1) is 25.7. The number of rotatable bonds is 10. The Morgan fingerprint density at radius 3 is 2.25 bits per heavy atom. The Labute approximate surface area is 213 Å². The van der Waals surface area contributed by atoms with E-state index in [1.54, 1.807) is 0 Å². The monoisotopic (exact) mass is 488 g/mol. The summed E-state index contributed by atoms with van der Waals surface area (Å²) in [7, 11) is 0. The number of nitrogens with zero attached hydrogens (tertiary/aromatic N) is 2. The highest BCUT2D eigenvalue weighted by Crippen LogP contribution is 2.20. The zero-order valence-electron chi connectivity index (χ0n) is 20.7.